The Morgan fingerprint density at radius 1 is 1.00 bits per heavy atom. The minimum atomic E-state index is -0.745. The fourth-order valence-corrected chi connectivity index (χ4v) is 4.42. The minimum absolute atomic E-state index is 0.0558. The normalized spacial score (nSPS) is 18.2. The molecule has 1 saturated heterocycles. The van der Waals surface area contributed by atoms with Crippen molar-refractivity contribution < 1.29 is 14.3 Å². The summed E-state index contributed by atoms with van der Waals surface area (Å²) in [5, 5.41) is 4.69. The van der Waals surface area contributed by atoms with Gasteiger partial charge < -0.3 is 14.5 Å². The fraction of sp³-hybridized carbons (Fsp3) is 0.333. The summed E-state index contributed by atoms with van der Waals surface area (Å²) in [6.45, 7) is 1.53. The Morgan fingerprint density at radius 3 is 2.59 bits per heavy atom. The Labute approximate surface area is 185 Å². The third kappa shape index (κ3) is 3.72. The molecule has 0 bridgehead atoms. The van der Waals surface area contributed by atoms with Crippen LogP contribution in [0.5, 0.6) is 5.75 Å². The summed E-state index contributed by atoms with van der Waals surface area (Å²) in [5.41, 5.74) is 1.04. The first-order valence-corrected chi connectivity index (χ1v) is 10.9. The Hall–Kier alpha value is -3.68. The van der Waals surface area contributed by atoms with Crippen LogP contribution in [-0.4, -0.2) is 52.2 Å². The summed E-state index contributed by atoms with van der Waals surface area (Å²) in [7, 11) is 0. The number of amides is 2. The van der Waals surface area contributed by atoms with E-state index in [0.717, 1.165) is 32.4 Å². The highest BCUT2D eigenvalue weighted by Crippen LogP contribution is 2.34. The van der Waals surface area contributed by atoms with E-state index >= 15 is 0 Å². The number of carbonyl (C=O) groups excluding carboxylic acids is 2. The zero-order valence-electron chi connectivity index (χ0n) is 17.6. The molecule has 1 atom stereocenters. The average Bonchev–Trinajstić information content (AvgIpc) is 2.85. The van der Waals surface area contributed by atoms with E-state index in [1.54, 1.807) is 29.2 Å². The molecular formula is C24H24N4O4. The number of aromatic nitrogens is 2. The maximum Gasteiger partial charge on any atom is 0.265 e. The van der Waals surface area contributed by atoms with Gasteiger partial charge in [0.1, 0.15) is 12.3 Å². The molecule has 2 aliphatic heterocycles. The van der Waals surface area contributed by atoms with Gasteiger partial charge in [-0.05, 0) is 43.5 Å². The van der Waals surface area contributed by atoms with Crippen LogP contribution in [0.25, 0.3) is 10.9 Å². The molecule has 2 aromatic carbocycles. The SMILES string of the molecule is O=C(C1CN(C(=O)Cn2ncc(=O)c3ccccc32)c2ccccc2O1)N1CCCCC1. The lowest BCUT2D eigenvalue weighted by Crippen LogP contribution is -2.53. The molecule has 0 aliphatic carbocycles. The standard InChI is InChI=1S/C24H24N4O4/c29-20-14-25-28(18-9-3-2-8-17(18)20)16-23(30)27-15-22(24(31)26-12-6-1-7-13-26)32-21-11-5-4-10-19(21)27/h2-5,8-11,14,22H,1,6-7,12-13,15-16H2. The second-order valence-corrected chi connectivity index (χ2v) is 8.15. The predicted molar refractivity (Wildman–Crippen MR) is 120 cm³/mol. The highest BCUT2D eigenvalue weighted by molar-refractivity contribution is 5.97. The molecule has 0 N–H and O–H groups in total. The van der Waals surface area contributed by atoms with Gasteiger partial charge in [0.15, 0.2) is 6.10 Å². The lowest BCUT2D eigenvalue weighted by molar-refractivity contribution is -0.139. The third-order valence-electron chi connectivity index (χ3n) is 6.06. The Bertz CT molecular complexity index is 1230. The first-order chi connectivity index (χ1) is 15.6. The van der Waals surface area contributed by atoms with Gasteiger partial charge in [-0.3, -0.25) is 19.1 Å². The van der Waals surface area contributed by atoms with Gasteiger partial charge in [0, 0.05) is 18.5 Å². The number of piperidine rings is 1. The molecule has 164 valence electrons. The second kappa shape index (κ2) is 8.45. The number of likely N-dealkylation sites (tertiary alicyclic amines) is 1. The van der Waals surface area contributed by atoms with Gasteiger partial charge in [-0.1, -0.05) is 24.3 Å². The van der Waals surface area contributed by atoms with Crippen molar-refractivity contribution in [2.75, 3.05) is 24.5 Å². The number of rotatable bonds is 3. The van der Waals surface area contributed by atoms with Crippen LogP contribution >= 0.6 is 0 Å². The Kier molecular flexibility index (Phi) is 5.34. The van der Waals surface area contributed by atoms with Crippen LogP contribution < -0.4 is 15.1 Å². The second-order valence-electron chi connectivity index (χ2n) is 8.15. The highest BCUT2D eigenvalue weighted by atomic mass is 16.5. The smallest absolute Gasteiger partial charge is 0.265 e. The van der Waals surface area contributed by atoms with E-state index in [1.165, 1.54) is 10.9 Å². The van der Waals surface area contributed by atoms with Crippen molar-refractivity contribution in [1.82, 2.24) is 14.7 Å². The Balaban J connectivity index is 1.44. The largest absolute Gasteiger partial charge is 0.476 e. The number of benzene rings is 2. The van der Waals surface area contributed by atoms with Gasteiger partial charge in [0.25, 0.3) is 5.91 Å². The van der Waals surface area contributed by atoms with Crippen molar-refractivity contribution >= 4 is 28.4 Å². The van der Waals surface area contributed by atoms with Gasteiger partial charge >= 0.3 is 0 Å². The molecule has 8 heteroatoms. The topological polar surface area (TPSA) is 84.7 Å². The molecular weight excluding hydrogens is 408 g/mol. The molecule has 3 heterocycles. The number of carbonyl (C=O) groups is 2. The van der Waals surface area contributed by atoms with Crippen molar-refractivity contribution in [2.24, 2.45) is 0 Å². The summed E-state index contributed by atoms with van der Waals surface area (Å²) in [4.78, 5) is 42.1. The number of nitrogens with zero attached hydrogens (tertiary/aromatic N) is 4. The molecule has 0 radical (unpaired) electrons. The lowest BCUT2D eigenvalue weighted by atomic mass is 10.1. The monoisotopic (exact) mass is 432 g/mol. The first kappa shape index (κ1) is 20.2. The van der Waals surface area contributed by atoms with Crippen LogP contribution in [0.3, 0.4) is 0 Å². The van der Waals surface area contributed by atoms with E-state index in [2.05, 4.69) is 5.10 Å². The van der Waals surface area contributed by atoms with E-state index < -0.39 is 6.10 Å². The first-order valence-electron chi connectivity index (χ1n) is 10.9. The molecule has 3 aromatic rings. The highest BCUT2D eigenvalue weighted by Gasteiger charge is 2.36. The van der Waals surface area contributed by atoms with Crippen molar-refractivity contribution in [3.05, 3.63) is 65.0 Å². The van der Waals surface area contributed by atoms with Crippen LogP contribution in [0.4, 0.5) is 5.69 Å². The molecule has 1 fully saturated rings. The molecule has 1 aromatic heterocycles. The van der Waals surface area contributed by atoms with Crippen LogP contribution in [0.1, 0.15) is 19.3 Å². The van der Waals surface area contributed by atoms with Crippen molar-refractivity contribution in [3.8, 4) is 5.75 Å². The quantitative estimate of drug-likeness (QED) is 0.634. The van der Waals surface area contributed by atoms with Gasteiger partial charge in [-0.25, -0.2) is 0 Å². The van der Waals surface area contributed by atoms with E-state index in [0.29, 0.717) is 22.3 Å². The lowest BCUT2D eigenvalue weighted by Gasteiger charge is -2.37. The molecule has 5 rings (SSSR count). The summed E-state index contributed by atoms with van der Waals surface area (Å²) < 4.78 is 7.54. The minimum Gasteiger partial charge on any atom is -0.476 e. The summed E-state index contributed by atoms with van der Waals surface area (Å²) in [5.74, 6) is 0.211. The number of fused-ring (bicyclic) bond motifs is 2. The maximum atomic E-state index is 13.4. The molecule has 0 spiro atoms. The zero-order valence-corrected chi connectivity index (χ0v) is 17.6. The molecule has 0 saturated carbocycles. The van der Waals surface area contributed by atoms with Crippen molar-refractivity contribution in [1.29, 1.82) is 0 Å². The predicted octanol–water partition coefficient (Wildman–Crippen LogP) is 2.20. The molecule has 2 amide bonds. The fourth-order valence-electron chi connectivity index (χ4n) is 4.42. The third-order valence-corrected chi connectivity index (χ3v) is 6.06. The zero-order chi connectivity index (χ0) is 22.1. The molecule has 2 aliphatic rings. The van der Waals surface area contributed by atoms with E-state index in [4.69, 9.17) is 4.74 Å². The summed E-state index contributed by atoms with van der Waals surface area (Å²) >= 11 is 0. The number of anilines is 1. The van der Waals surface area contributed by atoms with E-state index in [-0.39, 0.29) is 30.3 Å². The average molecular weight is 432 g/mol. The summed E-state index contributed by atoms with van der Waals surface area (Å²) in [6, 6.07) is 14.3. The number of hydrogen-bond acceptors (Lipinski definition) is 5. The van der Waals surface area contributed by atoms with E-state index in [9.17, 15) is 14.4 Å². The Morgan fingerprint density at radius 2 is 1.75 bits per heavy atom. The van der Waals surface area contributed by atoms with Gasteiger partial charge in [0.05, 0.1) is 23.9 Å². The van der Waals surface area contributed by atoms with Gasteiger partial charge in [-0.15, -0.1) is 0 Å². The van der Waals surface area contributed by atoms with Crippen LogP contribution in [0.15, 0.2) is 59.5 Å². The van der Waals surface area contributed by atoms with Crippen LogP contribution in [-0.2, 0) is 16.1 Å². The summed E-state index contributed by atoms with van der Waals surface area (Å²) in [6.07, 6.45) is 3.59. The van der Waals surface area contributed by atoms with Crippen LogP contribution in [0, 0.1) is 0 Å². The van der Waals surface area contributed by atoms with Crippen LogP contribution in [0.2, 0.25) is 0 Å². The van der Waals surface area contributed by atoms with Gasteiger partial charge in [-0.2, -0.15) is 5.10 Å². The maximum absolute atomic E-state index is 13.4. The number of hydrogen-bond donors (Lipinski definition) is 0. The number of ether oxygens (including phenoxy) is 1. The number of para-hydroxylation sites is 3. The van der Waals surface area contributed by atoms with Gasteiger partial charge in [0.2, 0.25) is 11.3 Å². The van der Waals surface area contributed by atoms with Crippen molar-refractivity contribution in [2.45, 2.75) is 31.9 Å². The molecule has 8 nitrogen and oxygen atoms in total. The van der Waals surface area contributed by atoms with E-state index in [1.807, 2.05) is 29.2 Å². The molecule has 1 unspecified atom stereocenters. The van der Waals surface area contributed by atoms with Crippen molar-refractivity contribution in [3.63, 3.8) is 0 Å². The molecule has 32 heavy (non-hydrogen) atoms.